The highest BCUT2D eigenvalue weighted by molar-refractivity contribution is 7.14. The molecule has 2 N–H and O–H groups in total. The third kappa shape index (κ3) is 5.80. The molecule has 4 aromatic rings. The van der Waals surface area contributed by atoms with Crippen molar-refractivity contribution in [2.75, 3.05) is 17.3 Å². The maximum absolute atomic E-state index is 12.2. The summed E-state index contributed by atoms with van der Waals surface area (Å²) in [7, 11) is 0. The Balaban J connectivity index is 1.34. The van der Waals surface area contributed by atoms with E-state index in [1.807, 2.05) is 85.1 Å². The summed E-state index contributed by atoms with van der Waals surface area (Å²) in [6.45, 7) is 1.90. The van der Waals surface area contributed by atoms with Crippen LogP contribution in [-0.4, -0.2) is 23.7 Å². The smallest absolute Gasteiger partial charge is 0.262 e. The minimum Gasteiger partial charge on any atom is -0.483 e. The Labute approximate surface area is 190 Å². The zero-order valence-electron chi connectivity index (χ0n) is 17.5. The van der Waals surface area contributed by atoms with Crippen molar-refractivity contribution in [1.29, 1.82) is 0 Å². The molecule has 0 atom stereocenters. The molecule has 0 bridgehead atoms. The highest BCUT2D eigenvalue weighted by Crippen LogP contribution is 2.24. The van der Waals surface area contributed by atoms with E-state index in [1.54, 1.807) is 12.3 Å². The molecule has 0 saturated carbocycles. The fourth-order valence-corrected chi connectivity index (χ4v) is 3.59. The molecule has 0 aliphatic rings. The number of hydrazone groups is 1. The SMILES string of the molecule is Cc1ccc(NC(=O)COc2ccccc2C=NNc2nc(-c3ccccc3)cs2)cc1. The Morgan fingerprint density at radius 2 is 1.78 bits per heavy atom. The largest absolute Gasteiger partial charge is 0.483 e. The lowest BCUT2D eigenvalue weighted by Gasteiger charge is -2.09. The maximum Gasteiger partial charge on any atom is 0.262 e. The number of carbonyl (C=O) groups excluding carboxylic acids is 1. The van der Waals surface area contributed by atoms with Gasteiger partial charge in [0, 0.05) is 22.2 Å². The van der Waals surface area contributed by atoms with Crippen molar-refractivity contribution in [1.82, 2.24) is 4.98 Å². The van der Waals surface area contributed by atoms with E-state index < -0.39 is 0 Å². The lowest BCUT2D eigenvalue weighted by atomic mass is 10.2. The van der Waals surface area contributed by atoms with Gasteiger partial charge in [0.25, 0.3) is 5.91 Å². The van der Waals surface area contributed by atoms with Crippen molar-refractivity contribution >= 4 is 34.3 Å². The number of rotatable bonds is 8. The summed E-state index contributed by atoms with van der Waals surface area (Å²) in [5, 5.41) is 9.77. The molecule has 4 rings (SSSR count). The normalized spacial score (nSPS) is 10.8. The second kappa shape index (κ2) is 10.4. The quantitative estimate of drug-likeness (QED) is 0.276. The van der Waals surface area contributed by atoms with Crippen LogP contribution in [-0.2, 0) is 4.79 Å². The van der Waals surface area contributed by atoms with Crippen LogP contribution in [0.25, 0.3) is 11.3 Å². The number of para-hydroxylation sites is 1. The van der Waals surface area contributed by atoms with Gasteiger partial charge in [-0.05, 0) is 31.2 Å². The fraction of sp³-hybridized carbons (Fsp3) is 0.0800. The second-order valence-corrected chi connectivity index (χ2v) is 7.87. The number of nitrogens with zero attached hydrogens (tertiary/aromatic N) is 2. The Morgan fingerprint density at radius 1 is 1.03 bits per heavy atom. The van der Waals surface area contributed by atoms with Crippen LogP contribution in [0.5, 0.6) is 5.75 Å². The van der Waals surface area contributed by atoms with Gasteiger partial charge in [0.05, 0.1) is 11.9 Å². The van der Waals surface area contributed by atoms with Gasteiger partial charge >= 0.3 is 0 Å². The van der Waals surface area contributed by atoms with Gasteiger partial charge in [0.15, 0.2) is 6.61 Å². The van der Waals surface area contributed by atoms with Gasteiger partial charge in [-0.15, -0.1) is 11.3 Å². The summed E-state index contributed by atoms with van der Waals surface area (Å²) in [6.07, 6.45) is 1.65. The molecular formula is C25H22N4O2S. The number of hydrogen-bond donors (Lipinski definition) is 2. The zero-order valence-corrected chi connectivity index (χ0v) is 18.3. The topological polar surface area (TPSA) is 75.6 Å². The third-order valence-corrected chi connectivity index (χ3v) is 5.30. The Morgan fingerprint density at radius 3 is 2.59 bits per heavy atom. The van der Waals surface area contributed by atoms with Gasteiger partial charge in [-0.2, -0.15) is 5.10 Å². The first-order chi connectivity index (χ1) is 15.7. The van der Waals surface area contributed by atoms with Crippen molar-refractivity contribution < 1.29 is 9.53 Å². The number of carbonyl (C=O) groups is 1. The predicted octanol–water partition coefficient (Wildman–Crippen LogP) is 5.58. The zero-order chi connectivity index (χ0) is 22.2. The Bertz CT molecular complexity index is 1200. The van der Waals surface area contributed by atoms with Crippen molar-refractivity contribution in [3.63, 3.8) is 0 Å². The standard InChI is InChI=1S/C25H22N4O2S/c1-18-11-13-21(14-12-18)27-24(30)16-31-23-10-6-5-9-20(23)15-26-29-25-28-22(17-32-25)19-7-3-2-4-8-19/h2-15,17H,16H2,1H3,(H,27,30)(H,28,29). The molecule has 32 heavy (non-hydrogen) atoms. The van der Waals surface area contributed by atoms with Crippen LogP contribution in [0.1, 0.15) is 11.1 Å². The molecule has 1 amide bonds. The van der Waals surface area contributed by atoms with Crippen LogP contribution < -0.4 is 15.5 Å². The number of benzene rings is 3. The number of aryl methyl sites for hydroxylation is 1. The number of nitrogens with one attached hydrogen (secondary N) is 2. The third-order valence-electron chi connectivity index (χ3n) is 4.55. The summed E-state index contributed by atoms with van der Waals surface area (Å²) in [4.78, 5) is 16.8. The molecule has 0 aliphatic carbocycles. The van der Waals surface area contributed by atoms with Gasteiger partial charge in [0.2, 0.25) is 5.13 Å². The van der Waals surface area contributed by atoms with Crippen molar-refractivity contribution in [2.24, 2.45) is 5.10 Å². The molecular weight excluding hydrogens is 420 g/mol. The molecule has 1 heterocycles. The van der Waals surface area contributed by atoms with E-state index in [0.29, 0.717) is 10.9 Å². The van der Waals surface area contributed by atoms with Crippen LogP contribution in [0.2, 0.25) is 0 Å². The van der Waals surface area contributed by atoms with E-state index in [9.17, 15) is 4.79 Å². The van der Waals surface area contributed by atoms with Crippen LogP contribution in [0, 0.1) is 6.92 Å². The number of amides is 1. The van der Waals surface area contributed by atoms with Crippen LogP contribution in [0.4, 0.5) is 10.8 Å². The summed E-state index contributed by atoms with van der Waals surface area (Å²) >= 11 is 1.48. The van der Waals surface area contributed by atoms with Gasteiger partial charge in [-0.25, -0.2) is 4.98 Å². The van der Waals surface area contributed by atoms with Crippen LogP contribution >= 0.6 is 11.3 Å². The molecule has 7 heteroatoms. The van der Waals surface area contributed by atoms with Gasteiger partial charge < -0.3 is 10.1 Å². The first kappa shape index (κ1) is 21.3. The van der Waals surface area contributed by atoms with Crippen molar-refractivity contribution in [2.45, 2.75) is 6.92 Å². The van der Waals surface area contributed by atoms with E-state index in [0.717, 1.165) is 28.1 Å². The molecule has 0 unspecified atom stereocenters. The van der Waals surface area contributed by atoms with E-state index >= 15 is 0 Å². The maximum atomic E-state index is 12.2. The van der Waals surface area contributed by atoms with Gasteiger partial charge in [0.1, 0.15) is 5.75 Å². The van der Waals surface area contributed by atoms with Crippen molar-refractivity contribution in [3.8, 4) is 17.0 Å². The number of anilines is 2. The number of thiazole rings is 1. The Kier molecular flexibility index (Phi) is 6.89. The van der Waals surface area contributed by atoms with E-state index in [2.05, 4.69) is 20.8 Å². The molecule has 6 nitrogen and oxygen atoms in total. The van der Waals surface area contributed by atoms with E-state index in [-0.39, 0.29) is 12.5 Å². The lowest BCUT2D eigenvalue weighted by molar-refractivity contribution is -0.118. The Hall–Kier alpha value is -3.97. The summed E-state index contributed by atoms with van der Waals surface area (Å²) in [6, 6.07) is 25.0. The summed E-state index contributed by atoms with van der Waals surface area (Å²) < 4.78 is 5.72. The molecule has 0 saturated heterocycles. The lowest BCUT2D eigenvalue weighted by Crippen LogP contribution is -2.20. The monoisotopic (exact) mass is 442 g/mol. The average molecular weight is 443 g/mol. The van der Waals surface area contributed by atoms with E-state index in [4.69, 9.17) is 4.74 Å². The van der Waals surface area contributed by atoms with Crippen molar-refractivity contribution in [3.05, 3.63) is 95.4 Å². The van der Waals surface area contributed by atoms with Crippen LogP contribution in [0.15, 0.2) is 89.3 Å². The first-order valence-electron chi connectivity index (χ1n) is 10.1. The molecule has 0 spiro atoms. The molecule has 0 radical (unpaired) electrons. The summed E-state index contributed by atoms with van der Waals surface area (Å²) in [5.41, 5.74) is 7.54. The minimum absolute atomic E-state index is 0.0981. The van der Waals surface area contributed by atoms with Gasteiger partial charge in [-0.1, -0.05) is 60.2 Å². The molecule has 0 fully saturated rings. The average Bonchev–Trinajstić information content (AvgIpc) is 3.29. The number of ether oxygens (including phenoxy) is 1. The highest BCUT2D eigenvalue weighted by Gasteiger charge is 2.07. The van der Waals surface area contributed by atoms with E-state index in [1.165, 1.54) is 11.3 Å². The molecule has 1 aromatic heterocycles. The molecule has 3 aromatic carbocycles. The molecule has 160 valence electrons. The second-order valence-electron chi connectivity index (χ2n) is 7.01. The minimum atomic E-state index is -0.227. The highest BCUT2D eigenvalue weighted by atomic mass is 32.1. The number of aromatic nitrogens is 1. The molecule has 0 aliphatic heterocycles. The fourth-order valence-electron chi connectivity index (χ4n) is 2.92. The summed E-state index contributed by atoms with van der Waals surface area (Å²) in [5.74, 6) is 0.344. The van der Waals surface area contributed by atoms with Crippen LogP contribution in [0.3, 0.4) is 0 Å². The first-order valence-corrected chi connectivity index (χ1v) is 10.9. The van der Waals surface area contributed by atoms with Gasteiger partial charge in [-0.3, -0.25) is 10.2 Å². The number of hydrogen-bond acceptors (Lipinski definition) is 6. The predicted molar refractivity (Wildman–Crippen MR) is 131 cm³/mol.